The van der Waals surface area contributed by atoms with E-state index in [2.05, 4.69) is 48.0 Å². The van der Waals surface area contributed by atoms with E-state index in [4.69, 9.17) is 5.73 Å². The first-order valence-electron chi connectivity index (χ1n) is 6.68. The van der Waals surface area contributed by atoms with Gasteiger partial charge in [0.05, 0.1) is 0 Å². The zero-order valence-electron chi connectivity index (χ0n) is 11.8. The molecule has 0 unspecified atom stereocenters. The number of benzene rings is 1. The summed E-state index contributed by atoms with van der Waals surface area (Å²) in [5.74, 6) is 0.959. The third-order valence-electron chi connectivity index (χ3n) is 3.30. The number of para-hydroxylation sites is 1. The maximum Gasteiger partial charge on any atom is 0.132 e. The molecule has 0 radical (unpaired) electrons. The Labute approximate surface area is 115 Å². The summed E-state index contributed by atoms with van der Waals surface area (Å²) in [5, 5.41) is 0. The number of nitrogens with two attached hydrogens (primary N) is 1. The third kappa shape index (κ3) is 2.93. The summed E-state index contributed by atoms with van der Waals surface area (Å²) in [6.07, 6.45) is 1.86. The van der Waals surface area contributed by atoms with Crippen LogP contribution in [-0.2, 0) is 0 Å². The van der Waals surface area contributed by atoms with Crippen molar-refractivity contribution in [1.82, 2.24) is 4.98 Å². The highest BCUT2D eigenvalue weighted by Crippen LogP contribution is 2.26. The van der Waals surface area contributed by atoms with E-state index in [9.17, 15) is 0 Å². The number of aryl methyl sites for hydroxylation is 1. The second kappa shape index (κ2) is 5.85. The normalized spacial score (nSPS) is 12.2. The zero-order chi connectivity index (χ0) is 13.8. The highest BCUT2D eigenvalue weighted by Gasteiger charge is 2.11. The first-order valence-corrected chi connectivity index (χ1v) is 6.68. The van der Waals surface area contributed by atoms with Gasteiger partial charge in [0.1, 0.15) is 5.82 Å². The summed E-state index contributed by atoms with van der Waals surface area (Å²) < 4.78 is 0. The SMILES string of the molecule is CCN(c1ccc([C@H](C)N)cn1)c1ccccc1C. The summed E-state index contributed by atoms with van der Waals surface area (Å²) in [4.78, 5) is 6.74. The predicted octanol–water partition coefficient (Wildman–Crippen LogP) is 3.57. The maximum absolute atomic E-state index is 5.85. The monoisotopic (exact) mass is 255 g/mol. The number of anilines is 2. The van der Waals surface area contributed by atoms with Crippen LogP contribution < -0.4 is 10.6 Å². The minimum absolute atomic E-state index is 0.0232. The van der Waals surface area contributed by atoms with Gasteiger partial charge in [0.2, 0.25) is 0 Å². The van der Waals surface area contributed by atoms with E-state index in [0.29, 0.717) is 0 Å². The van der Waals surface area contributed by atoms with Gasteiger partial charge in [-0.1, -0.05) is 24.3 Å². The Morgan fingerprint density at radius 1 is 1.21 bits per heavy atom. The average Bonchev–Trinajstić information content (AvgIpc) is 2.42. The van der Waals surface area contributed by atoms with Crippen molar-refractivity contribution in [3.8, 4) is 0 Å². The standard InChI is InChI=1S/C16H21N3/c1-4-19(15-8-6-5-7-12(15)2)16-10-9-14(11-18-16)13(3)17/h5-11,13H,4,17H2,1-3H3/t13-/m0/s1. The second-order valence-electron chi connectivity index (χ2n) is 4.77. The fraction of sp³-hybridized carbons (Fsp3) is 0.312. The summed E-state index contributed by atoms with van der Waals surface area (Å²) in [6.45, 7) is 7.10. The lowest BCUT2D eigenvalue weighted by molar-refractivity contribution is 0.810. The Balaban J connectivity index is 2.35. The molecule has 1 aromatic heterocycles. The lowest BCUT2D eigenvalue weighted by Gasteiger charge is -2.24. The number of aromatic nitrogens is 1. The molecule has 3 nitrogen and oxygen atoms in total. The highest BCUT2D eigenvalue weighted by atomic mass is 15.2. The summed E-state index contributed by atoms with van der Waals surface area (Å²) in [7, 11) is 0. The predicted molar refractivity (Wildman–Crippen MR) is 80.7 cm³/mol. The minimum Gasteiger partial charge on any atom is -0.326 e. The lowest BCUT2D eigenvalue weighted by Crippen LogP contribution is -2.18. The number of rotatable bonds is 4. The highest BCUT2D eigenvalue weighted by molar-refractivity contribution is 5.63. The maximum atomic E-state index is 5.85. The van der Waals surface area contributed by atoms with Crippen molar-refractivity contribution in [2.24, 2.45) is 5.73 Å². The van der Waals surface area contributed by atoms with Crippen molar-refractivity contribution in [2.45, 2.75) is 26.8 Å². The molecule has 3 heteroatoms. The van der Waals surface area contributed by atoms with Crippen LogP contribution in [0, 0.1) is 6.92 Å². The van der Waals surface area contributed by atoms with Crippen LogP contribution >= 0.6 is 0 Å². The quantitative estimate of drug-likeness (QED) is 0.908. The molecule has 0 spiro atoms. The molecule has 0 fully saturated rings. The Kier molecular flexibility index (Phi) is 4.17. The topological polar surface area (TPSA) is 42.1 Å². The molecule has 0 saturated carbocycles. The van der Waals surface area contributed by atoms with Gasteiger partial charge < -0.3 is 10.6 Å². The van der Waals surface area contributed by atoms with Gasteiger partial charge in [-0.3, -0.25) is 0 Å². The van der Waals surface area contributed by atoms with Crippen molar-refractivity contribution in [3.63, 3.8) is 0 Å². The zero-order valence-corrected chi connectivity index (χ0v) is 11.8. The number of hydrogen-bond donors (Lipinski definition) is 1. The van der Waals surface area contributed by atoms with Crippen molar-refractivity contribution >= 4 is 11.5 Å². The first-order chi connectivity index (χ1) is 9.13. The molecule has 0 aliphatic carbocycles. The third-order valence-corrected chi connectivity index (χ3v) is 3.30. The van der Waals surface area contributed by atoms with Gasteiger partial charge in [-0.25, -0.2) is 4.98 Å². The Hall–Kier alpha value is -1.87. The molecule has 0 saturated heterocycles. The van der Waals surface area contributed by atoms with Crippen LogP contribution in [0.2, 0.25) is 0 Å². The molecule has 2 rings (SSSR count). The van der Waals surface area contributed by atoms with E-state index in [-0.39, 0.29) is 6.04 Å². The smallest absolute Gasteiger partial charge is 0.132 e. The summed E-state index contributed by atoms with van der Waals surface area (Å²) in [5.41, 5.74) is 9.37. The fourth-order valence-electron chi connectivity index (χ4n) is 2.15. The molecule has 1 atom stereocenters. The Morgan fingerprint density at radius 2 is 1.95 bits per heavy atom. The van der Waals surface area contributed by atoms with Crippen molar-refractivity contribution in [1.29, 1.82) is 0 Å². The van der Waals surface area contributed by atoms with Crippen LogP contribution in [0.4, 0.5) is 11.5 Å². The van der Waals surface area contributed by atoms with Gasteiger partial charge in [0.25, 0.3) is 0 Å². The Bertz CT molecular complexity index is 532. The van der Waals surface area contributed by atoms with Crippen LogP contribution in [0.5, 0.6) is 0 Å². The number of pyridine rings is 1. The largest absolute Gasteiger partial charge is 0.326 e. The van der Waals surface area contributed by atoms with Gasteiger partial charge in [-0.05, 0) is 44.0 Å². The van der Waals surface area contributed by atoms with Gasteiger partial charge in [-0.15, -0.1) is 0 Å². The molecule has 100 valence electrons. The van der Waals surface area contributed by atoms with Gasteiger partial charge >= 0.3 is 0 Å². The molecule has 0 aliphatic heterocycles. The number of nitrogens with zero attached hydrogens (tertiary/aromatic N) is 2. The van der Waals surface area contributed by atoms with Gasteiger partial charge in [-0.2, -0.15) is 0 Å². The summed E-state index contributed by atoms with van der Waals surface area (Å²) >= 11 is 0. The van der Waals surface area contributed by atoms with E-state index in [0.717, 1.165) is 17.9 Å². The average molecular weight is 255 g/mol. The van der Waals surface area contributed by atoms with Gasteiger partial charge in [0, 0.05) is 24.5 Å². The Morgan fingerprint density at radius 3 is 2.47 bits per heavy atom. The minimum atomic E-state index is 0.0232. The van der Waals surface area contributed by atoms with Crippen LogP contribution in [0.3, 0.4) is 0 Å². The van der Waals surface area contributed by atoms with Crippen molar-refractivity contribution in [3.05, 3.63) is 53.7 Å². The van der Waals surface area contributed by atoms with E-state index < -0.39 is 0 Å². The lowest BCUT2D eigenvalue weighted by atomic mass is 10.1. The molecule has 1 heterocycles. The molecule has 1 aromatic carbocycles. The van der Waals surface area contributed by atoms with E-state index in [1.54, 1.807) is 0 Å². The summed E-state index contributed by atoms with van der Waals surface area (Å²) in [6, 6.07) is 12.5. The molecule has 0 aliphatic rings. The second-order valence-corrected chi connectivity index (χ2v) is 4.77. The van der Waals surface area contributed by atoms with Crippen LogP contribution in [0.1, 0.15) is 31.0 Å². The van der Waals surface area contributed by atoms with Gasteiger partial charge in [0.15, 0.2) is 0 Å². The molecule has 19 heavy (non-hydrogen) atoms. The van der Waals surface area contributed by atoms with E-state index in [1.165, 1.54) is 11.3 Å². The molecular formula is C16H21N3. The van der Waals surface area contributed by atoms with E-state index >= 15 is 0 Å². The molecule has 0 amide bonds. The number of hydrogen-bond acceptors (Lipinski definition) is 3. The van der Waals surface area contributed by atoms with Crippen molar-refractivity contribution in [2.75, 3.05) is 11.4 Å². The fourth-order valence-corrected chi connectivity index (χ4v) is 2.15. The van der Waals surface area contributed by atoms with Crippen molar-refractivity contribution < 1.29 is 0 Å². The van der Waals surface area contributed by atoms with Crippen LogP contribution in [-0.4, -0.2) is 11.5 Å². The molecule has 2 N–H and O–H groups in total. The molecule has 2 aromatic rings. The van der Waals surface area contributed by atoms with Crippen LogP contribution in [0.25, 0.3) is 0 Å². The first kappa shape index (κ1) is 13.6. The van der Waals surface area contributed by atoms with Crippen LogP contribution in [0.15, 0.2) is 42.6 Å². The molecule has 0 bridgehead atoms. The molecular weight excluding hydrogens is 234 g/mol. The van der Waals surface area contributed by atoms with E-state index in [1.807, 2.05) is 25.3 Å².